The number of nitrogens with zero attached hydrogens (tertiary/aromatic N) is 2. The lowest BCUT2D eigenvalue weighted by molar-refractivity contribution is 0.0706. The first-order valence-electron chi connectivity index (χ1n) is 11.1. The van der Waals surface area contributed by atoms with Crippen molar-refractivity contribution in [2.75, 3.05) is 46.9 Å². The number of rotatable bonds is 5. The number of hydrogen-bond donors (Lipinski definition) is 2. The molecule has 2 aliphatic heterocycles. The maximum atomic E-state index is 12.5. The largest absolute Gasteiger partial charge is 0.492 e. The van der Waals surface area contributed by atoms with Gasteiger partial charge in [-0.25, -0.2) is 0 Å². The molecule has 6 nitrogen and oxygen atoms in total. The monoisotopic (exact) mass is 418 g/mol. The summed E-state index contributed by atoms with van der Waals surface area (Å²) in [5.74, 6) is 0.965. The highest BCUT2D eigenvalue weighted by Gasteiger charge is 2.46. The highest BCUT2D eigenvalue weighted by Crippen LogP contribution is 2.42. The van der Waals surface area contributed by atoms with E-state index in [9.17, 15) is 4.79 Å². The van der Waals surface area contributed by atoms with E-state index in [0.29, 0.717) is 6.61 Å². The second-order valence-electron chi connectivity index (χ2n) is 8.80. The van der Waals surface area contributed by atoms with Crippen LogP contribution in [0.4, 0.5) is 0 Å². The Morgan fingerprint density at radius 3 is 2.77 bits per heavy atom. The van der Waals surface area contributed by atoms with E-state index in [4.69, 9.17) is 4.74 Å². The molecule has 2 aliphatic rings. The Morgan fingerprint density at radius 2 is 2.03 bits per heavy atom. The number of nitrogens with one attached hydrogen (secondary N) is 2. The summed E-state index contributed by atoms with van der Waals surface area (Å²) in [4.78, 5) is 20.5. The van der Waals surface area contributed by atoms with Crippen LogP contribution >= 0.6 is 0 Å². The van der Waals surface area contributed by atoms with Crippen LogP contribution in [-0.2, 0) is 12.0 Å². The summed E-state index contributed by atoms with van der Waals surface area (Å²) in [6, 6.07) is 16.1. The molecule has 0 aliphatic carbocycles. The Bertz CT molecular complexity index is 1080. The fraction of sp³-hybridized carbons (Fsp3) is 0.400. The minimum absolute atomic E-state index is 0.0433. The maximum absolute atomic E-state index is 12.5. The van der Waals surface area contributed by atoms with Gasteiger partial charge in [0.15, 0.2) is 0 Å². The Morgan fingerprint density at radius 1 is 1.19 bits per heavy atom. The number of benzene rings is 2. The first-order valence-corrected chi connectivity index (χ1v) is 11.1. The van der Waals surface area contributed by atoms with E-state index in [1.165, 1.54) is 16.6 Å². The van der Waals surface area contributed by atoms with Crippen LogP contribution in [0.2, 0.25) is 0 Å². The summed E-state index contributed by atoms with van der Waals surface area (Å²) in [5.41, 5.74) is 4.50. The fourth-order valence-electron chi connectivity index (χ4n) is 5.19. The smallest absolute Gasteiger partial charge is 0.253 e. The van der Waals surface area contributed by atoms with Crippen LogP contribution in [0.25, 0.3) is 10.9 Å². The van der Waals surface area contributed by atoms with Crippen molar-refractivity contribution in [1.29, 1.82) is 0 Å². The molecule has 0 saturated carbocycles. The quantitative estimate of drug-likeness (QED) is 0.669. The molecule has 1 aromatic heterocycles. The fourth-order valence-corrected chi connectivity index (χ4v) is 5.19. The Balaban J connectivity index is 1.44. The zero-order valence-corrected chi connectivity index (χ0v) is 18.3. The van der Waals surface area contributed by atoms with Gasteiger partial charge >= 0.3 is 0 Å². The second kappa shape index (κ2) is 8.02. The first-order chi connectivity index (χ1) is 15.1. The lowest BCUT2D eigenvalue weighted by Crippen LogP contribution is -2.53. The summed E-state index contributed by atoms with van der Waals surface area (Å²) in [5, 5.41) is 4.78. The maximum Gasteiger partial charge on any atom is 0.253 e. The van der Waals surface area contributed by atoms with Crippen molar-refractivity contribution in [3.05, 3.63) is 65.4 Å². The van der Waals surface area contributed by atoms with Gasteiger partial charge in [-0.2, -0.15) is 0 Å². The third kappa shape index (κ3) is 3.50. The van der Waals surface area contributed by atoms with Crippen molar-refractivity contribution in [2.24, 2.45) is 0 Å². The number of hydrogen-bond acceptors (Lipinski definition) is 4. The number of aromatic amines is 1. The number of para-hydroxylation sites is 1. The van der Waals surface area contributed by atoms with Crippen molar-refractivity contribution < 1.29 is 9.53 Å². The molecule has 1 spiro atoms. The van der Waals surface area contributed by atoms with Gasteiger partial charge in [-0.1, -0.05) is 18.2 Å². The van der Waals surface area contributed by atoms with Gasteiger partial charge in [0.1, 0.15) is 12.4 Å². The molecule has 1 atom stereocenters. The van der Waals surface area contributed by atoms with Crippen LogP contribution in [-0.4, -0.2) is 67.6 Å². The molecule has 1 saturated heterocycles. The zero-order valence-electron chi connectivity index (χ0n) is 18.3. The summed E-state index contributed by atoms with van der Waals surface area (Å²) in [7, 11) is 3.60. The number of ether oxygens (including phenoxy) is 1. The third-order valence-electron chi connectivity index (χ3n) is 6.77. The van der Waals surface area contributed by atoms with E-state index in [1.54, 1.807) is 19.0 Å². The lowest BCUT2D eigenvalue weighted by Gasteiger charge is -2.44. The van der Waals surface area contributed by atoms with Crippen molar-refractivity contribution in [2.45, 2.75) is 18.4 Å². The Labute approximate surface area is 183 Å². The molecule has 3 aromatic rings. The first kappa shape index (κ1) is 20.1. The second-order valence-corrected chi connectivity index (χ2v) is 8.80. The van der Waals surface area contributed by atoms with Gasteiger partial charge in [0, 0.05) is 55.9 Å². The highest BCUT2D eigenvalue weighted by molar-refractivity contribution is 5.99. The van der Waals surface area contributed by atoms with Crippen LogP contribution in [0.5, 0.6) is 5.75 Å². The molecule has 0 bridgehead atoms. The van der Waals surface area contributed by atoms with Crippen molar-refractivity contribution in [3.63, 3.8) is 0 Å². The minimum atomic E-state index is -0.0433. The molecule has 2 aromatic carbocycles. The average molecular weight is 419 g/mol. The Kier molecular flexibility index (Phi) is 5.20. The van der Waals surface area contributed by atoms with Crippen LogP contribution < -0.4 is 10.1 Å². The van der Waals surface area contributed by atoms with E-state index >= 15 is 0 Å². The van der Waals surface area contributed by atoms with E-state index in [0.717, 1.165) is 55.9 Å². The summed E-state index contributed by atoms with van der Waals surface area (Å²) < 4.78 is 6.01. The van der Waals surface area contributed by atoms with Crippen molar-refractivity contribution >= 4 is 16.8 Å². The van der Waals surface area contributed by atoms with Gasteiger partial charge in [0.2, 0.25) is 0 Å². The molecule has 1 fully saturated rings. The van der Waals surface area contributed by atoms with Crippen LogP contribution in [0.1, 0.15) is 28.0 Å². The predicted molar refractivity (Wildman–Crippen MR) is 123 cm³/mol. The van der Waals surface area contributed by atoms with Gasteiger partial charge in [0.25, 0.3) is 5.91 Å². The molecule has 0 radical (unpaired) electrons. The van der Waals surface area contributed by atoms with Gasteiger partial charge in [0.05, 0.1) is 5.54 Å². The molecule has 162 valence electrons. The standard InChI is InChI=1S/C25H30N4O2/c1-28(2)24(30)18-8-9-22-21(16-18)20-10-13-29(14-15-31-19-6-4-3-5-7-19)25(23(20)27-22)11-12-26-17-25/h3-9,16,26-27H,10-15,17H2,1-2H3/t25-/m1/s1. The lowest BCUT2D eigenvalue weighted by atomic mass is 9.84. The summed E-state index contributed by atoms with van der Waals surface area (Å²) in [6.07, 6.45) is 2.05. The molecule has 6 heteroatoms. The molecule has 1 amide bonds. The number of fused-ring (bicyclic) bond motifs is 4. The molecule has 2 N–H and O–H groups in total. The third-order valence-corrected chi connectivity index (χ3v) is 6.77. The van der Waals surface area contributed by atoms with Gasteiger partial charge < -0.3 is 19.9 Å². The average Bonchev–Trinajstić information content (AvgIpc) is 3.41. The van der Waals surface area contributed by atoms with Gasteiger partial charge in [-0.3, -0.25) is 9.69 Å². The molecule has 3 heterocycles. The molecule has 31 heavy (non-hydrogen) atoms. The van der Waals surface area contributed by atoms with Crippen LogP contribution in [0, 0.1) is 0 Å². The normalized spacial score (nSPS) is 20.8. The van der Waals surface area contributed by atoms with Crippen LogP contribution in [0.3, 0.4) is 0 Å². The van der Waals surface area contributed by atoms with E-state index < -0.39 is 0 Å². The SMILES string of the molecule is CN(C)C(=O)c1ccc2[nH]c3c(c2c1)CCN(CCOc1ccccc1)[C@@]31CCNC1. The van der Waals surface area contributed by atoms with Crippen molar-refractivity contribution in [1.82, 2.24) is 20.1 Å². The number of aromatic nitrogens is 1. The summed E-state index contributed by atoms with van der Waals surface area (Å²) in [6.45, 7) is 4.49. The van der Waals surface area contributed by atoms with E-state index in [2.05, 4.69) is 27.3 Å². The molecule has 5 rings (SSSR count). The Hall–Kier alpha value is -2.83. The van der Waals surface area contributed by atoms with Gasteiger partial charge in [-0.15, -0.1) is 0 Å². The van der Waals surface area contributed by atoms with Crippen molar-refractivity contribution in [3.8, 4) is 5.75 Å². The predicted octanol–water partition coefficient (Wildman–Crippen LogP) is 3.00. The zero-order chi connectivity index (χ0) is 21.4. The topological polar surface area (TPSA) is 60.6 Å². The van der Waals surface area contributed by atoms with Crippen LogP contribution in [0.15, 0.2) is 48.5 Å². The molecular formula is C25H30N4O2. The van der Waals surface area contributed by atoms with Gasteiger partial charge in [-0.05, 0) is 55.3 Å². The van der Waals surface area contributed by atoms with E-state index in [-0.39, 0.29) is 11.4 Å². The number of amides is 1. The number of carbonyl (C=O) groups is 1. The summed E-state index contributed by atoms with van der Waals surface area (Å²) >= 11 is 0. The minimum Gasteiger partial charge on any atom is -0.492 e. The molecular weight excluding hydrogens is 388 g/mol. The van der Waals surface area contributed by atoms with E-state index in [1.807, 2.05) is 36.4 Å². The number of H-pyrrole nitrogens is 1. The highest BCUT2D eigenvalue weighted by atomic mass is 16.5. The number of carbonyl (C=O) groups excluding carboxylic acids is 1. The molecule has 0 unspecified atom stereocenters.